The van der Waals surface area contributed by atoms with Gasteiger partial charge in [-0.25, -0.2) is 0 Å². The van der Waals surface area contributed by atoms with Crippen LogP contribution in [0.5, 0.6) is 0 Å². The van der Waals surface area contributed by atoms with Crippen molar-refractivity contribution in [2.45, 2.75) is 31.7 Å². The lowest BCUT2D eigenvalue weighted by Crippen LogP contribution is -2.39. The molecule has 1 saturated heterocycles. The zero-order valence-corrected chi connectivity index (χ0v) is 13.3. The van der Waals surface area contributed by atoms with E-state index in [0.717, 1.165) is 50.1 Å². The second-order valence-corrected chi connectivity index (χ2v) is 5.91. The molecule has 1 aliphatic heterocycles. The lowest BCUT2D eigenvalue weighted by Gasteiger charge is -2.26. The minimum absolute atomic E-state index is 0.0688. The van der Waals surface area contributed by atoms with Gasteiger partial charge in [0.25, 0.3) is 0 Å². The van der Waals surface area contributed by atoms with Crippen molar-refractivity contribution in [1.82, 2.24) is 15.2 Å². The monoisotopic (exact) mass is 313 g/mol. The Kier molecular flexibility index (Phi) is 5.42. The zero-order chi connectivity index (χ0) is 15.9. The maximum absolute atomic E-state index is 12.7. The molecule has 122 valence electrons. The third-order valence-electron chi connectivity index (χ3n) is 4.23. The predicted octanol–water partition coefficient (Wildman–Crippen LogP) is 2.56. The number of hydrogen-bond donors (Lipinski definition) is 1. The number of aryl methyl sites for hydroxylation is 1. The summed E-state index contributed by atoms with van der Waals surface area (Å²) in [5.41, 5.74) is 0.970. The number of furan rings is 1. The quantitative estimate of drug-likeness (QED) is 0.798. The molecule has 1 aliphatic rings. The molecule has 3 rings (SSSR count). The van der Waals surface area contributed by atoms with Crippen LogP contribution < -0.4 is 5.32 Å². The fourth-order valence-corrected chi connectivity index (χ4v) is 3.09. The van der Waals surface area contributed by atoms with Crippen molar-refractivity contribution < 1.29 is 9.21 Å². The number of amides is 1. The first kappa shape index (κ1) is 15.7. The Morgan fingerprint density at radius 2 is 2.17 bits per heavy atom. The van der Waals surface area contributed by atoms with E-state index in [1.165, 1.54) is 0 Å². The van der Waals surface area contributed by atoms with Gasteiger partial charge in [-0.1, -0.05) is 6.07 Å². The van der Waals surface area contributed by atoms with E-state index >= 15 is 0 Å². The second-order valence-electron chi connectivity index (χ2n) is 5.91. The SMILES string of the molecule is O=C(NCCCc1ccco1)C(c1cccnc1)N1CCCC1. The summed E-state index contributed by atoms with van der Waals surface area (Å²) in [5.74, 6) is 1.03. The van der Waals surface area contributed by atoms with Crippen molar-refractivity contribution in [3.63, 3.8) is 0 Å². The number of rotatable bonds is 7. The van der Waals surface area contributed by atoms with Crippen LogP contribution in [0.25, 0.3) is 0 Å². The molecule has 1 amide bonds. The molecule has 1 unspecified atom stereocenters. The van der Waals surface area contributed by atoms with Crippen molar-refractivity contribution in [2.75, 3.05) is 19.6 Å². The average Bonchev–Trinajstić information content (AvgIpc) is 3.27. The van der Waals surface area contributed by atoms with Gasteiger partial charge in [0.15, 0.2) is 0 Å². The first-order chi connectivity index (χ1) is 11.3. The van der Waals surface area contributed by atoms with Gasteiger partial charge in [-0.05, 0) is 56.1 Å². The van der Waals surface area contributed by atoms with Gasteiger partial charge in [-0.3, -0.25) is 14.7 Å². The molecule has 3 heterocycles. The predicted molar refractivity (Wildman–Crippen MR) is 87.8 cm³/mol. The topological polar surface area (TPSA) is 58.4 Å². The van der Waals surface area contributed by atoms with Crippen LogP contribution in [0.15, 0.2) is 47.3 Å². The maximum Gasteiger partial charge on any atom is 0.242 e. The van der Waals surface area contributed by atoms with Crippen LogP contribution in [0.1, 0.15) is 36.6 Å². The van der Waals surface area contributed by atoms with Crippen molar-refractivity contribution in [1.29, 1.82) is 0 Å². The fourth-order valence-electron chi connectivity index (χ4n) is 3.09. The molecule has 0 aliphatic carbocycles. The van der Waals surface area contributed by atoms with Gasteiger partial charge in [-0.2, -0.15) is 0 Å². The molecule has 5 heteroatoms. The van der Waals surface area contributed by atoms with E-state index in [4.69, 9.17) is 4.42 Å². The summed E-state index contributed by atoms with van der Waals surface area (Å²) >= 11 is 0. The highest BCUT2D eigenvalue weighted by Crippen LogP contribution is 2.24. The van der Waals surface area contributed by atoms with Gasteiger partial charge in [0.1, 0.15) is 11.8 Å². The largest absolute Gasteiger partial charge is 0.469 e. The standard InChI is InChI=1S/C18H23N3O2/c22-18(20-10-4-7-16-8-5-13-23-16)17(21-11-1-2-12-21)15-6-3-9-19-14-15/h3,5-6,8-9,13-14,17H,1-2,4,7,10-12H2,(H,20,22). The van der Waals surface area contributed by atoms with E-state index < -0.39 is 0 Å². The number of carbonyl (C=O) groups is 1. The lowest BCUT2D eigenvalue weighted by molar-refractivity contribution is -0.126. The summed E-state index contributed by atoms with van der Waals surface area (Å²) in [4.78, 5) is 19.1. The highest BCUT2D eigenvalue weighted by molar-refractivity contribution is 5.83. The Balaban J connectivity index is 1.56. The van der Waals surface area contributed by atoms with Crippen molar-refractivity contribution >= 4 is 5.91 Å². The van der Waals surface area contributed by atoms with E-state index in [9.17, 15) is 4.79 Å². The number of nitrogens with one attached hydrogen (secondary N) is 1. The molecule has 1 atom stereocenters. The van der Waals surface area contributed by atoms with E-state index in [1.807, 2.05) is 24.3 Å². The molecule has 0 saturated carbocycles. The summed E-state index contributed by atoms with van der Waals surface area (Å²) in [6.45, 7) is 2.60. The van der Waals surface area contributed by atoms with Gasteiger partial charge < -0.3 is 9.73 Å². The van der Waals surface area contributed by atoms with Gasteiger partial charge in [0.05, 0.1) is 6.26 Å². The number of hydrogen-bond acceptors (Lipinski definition) is 4. The summed E-state index contributed by atoms with van der Waals surface area (Å²) < 4.78 is 5.31. The third-order valence-corrected chi connectivity index (χ3v) is 4.23. The number of nitrogens with zero attached hydrogens (tertiary/aromatic N) is 2. The Morgan fingerprint density at radius 3 is 2.87 bits per heavy atom. The normalized spacial score (nSPS) is 16.3. The molecule has 0 aromatic carbocycles. The van der Waals surface area contributed by atoms with Gasteiger partial charge in [-0.15, -0.1) is 0 Å². The zero-order valence-electron chi connectivity index (χ0n) is 13.3. The number of likely N-dealkylation sites (tertiary alicyclic amines) is 1. The summed E-state index contributed by atoms with van der Waals surface area (Å²) in [6, 6.07) is 7.50. The highest BCUT2D eigenvalue weighted by Gasteiger charge is 2.29. The molecule has 0 radical (unpaired) electrons. The Hall–Kier alpha value is -2.14. The summed E-state index contributed by atoms with van der Waals surface area (Å²) in [5, 5.41) is 3.07. The van der Waals surface area contributed by atoms with E-state index in [0.29, 0.717) is 6.54 Å². The van der Waals surface area contributed by atoms with Crippen LogP contribution in [0.3, 0.4) is 0 Å². The van der Waals surface area contributed by atoms with Crippen molar-refractivity contribution in [2.24, 2.45) is 0 Å². The average molecular weight is 313 g/mol. The maximum atomic E-state index is 12.7. The third kappa shape index (κ3) is 4.20. The van der Waals surface area contributed by atoms with Crippen molar-refractivity contribution in [3.8, 4) is 0 Å². The number of carbonyl (C=O) groups excluding carboxylic acids is 1. The lowest BCUT2D eigenvalue weighted by atomic mass is 10.1. The van der Waals surface area contributed by atoms with E-state index in [-0.39, 0.29) is 11.9 Å². The Labute approximate surface area is 136 Å². The first-order valence-electron chi connectivity index (χ1n) is 8.28. The van der Waals surface area contributed by atoms with Crippen LogP contribution in [0, 0.1) is 0 Å². The second kappa shape index (κ2) is 7.92. The van der Waals surface area contributed by atoms with E-state index in [1.54, 1.807) is 18.7 Å². The minimum atomic E-state index is -0.227. The van der Waals surface area contributed by atoms with Gasteiger partial charge in [0.2, 0.25) is 5.91 Å². The number of aromatic nitrogens is 1. The molecule has 2 aromatic rings. The fraction of sp³-hybridized carbons (Fsp3) is 0.444. The molecule has 0 spiro atoms. The van der Waals surface area contributed by atoms with Crippen molar-refractivity contribution in [3.05, 3.63) is 54.2 Å². The van der Waals surface area contributed by atoms with Crippen LogP contribution in [-0.4, -0.2) is 35.4 Å². The molecular formula is C18H23N3O2. The molecule has 1 N–H and O–H groups in total. The van der Waals surface area contributed by atoms with E-state index in [2.05, 4.69) is 15.2 Å². The number of pyridine rings is 1. The van der Waals surface area contributed by atoms with Crippen LogP contribution in [0.2, 0.25) is 0 Å². The Morgan fingerprint density at radius 1 is 1.30 bits per heavy atom. The van der Waals surface area contributed by atoms with Gasteiger partial charge in [0, 0.05) is 25.4 Å². The molecule has 5 nitrogen and oxygen atoms in total. The minimum Gasteiger partial charge on any atom is -0.469 e. The van der Waals surface area contributed by atoms with Crippen LogP contribution >= 0.6 is 0 Å². The van der Waals surface area contributed by atoms with Gasteiger partial charge >= 0.3 is 0 Å². The smallest absolute Gasteiger partial charge is 0.242 e. The van der Waals surface area contributed by atoms with Crippen LogP contribution in [-0.2, 0) is 11.2 Å². The molecule has 23 heavy (non-hydrogen) atoms. The summed E-state index contributed by atoms with van der Waals surface area (Å²) in [6.07, 6.45) is 9.25. The first-order valence-corrected chi connectivity index (χ1v) is 8.28. The highest BCUT2D eigenvalue weighted by atomic mass is 16.3. The molecule has 1 fully saturated rings. The summed E-state index contributed by atoms with van der Waals surface area (Å²) in [7, 11) is 0. The Bertz CT molecular complexity index is 592. The molecule has 0 bridgehead atoms. The molecular weight excluding hydrogens is 290 g/mol. The van der Waals surface area contributed by atoms with Crippen LogP contribution in [0.4, 0.5) is 0 Å². The molecule has 2 aromatic heterocycles.